The van der Waals surface area contributed by atoms with E-state index in [0.29, 0.717) is 13.0 Å². The van der Waals surface area contributed by atoms with Crippen molar-refractivity contribution in [2.24, 2.45) is 0 Å². The second-order valence-corrected chi connectivity index (χ2v) is 6.36. The van der Waals surface area contributed by atoms with E-state index in [1.54, 1.807) is 0 Å². The third kappa shape index (κ3) is 3.57. The molecular weight excluding hydrogens is 298 g/mol. The average Bonchev–Trinajstić information content (AvgIpc) is 2.72. The molecule has 124 valence electrons. The molecule has 0 saturated heterocycles. The van der Waals surface area contributed by atoms with Gasteiger partial charge in [0.2, 0.25) is 0 Å². The van der Waals surface area contributed by atoms with Gasteiger partial charge in [-0.15, -0.1) is 0 Å². The molecule has 0 fully saturated rings. The Kier molecular flexibility index (Phi) is 5.11. The largest absolute Gasteiger partial charge is 0.488 e. The number of aldehydes is 1. The van der Waals surface area contributed by atoms with Gasteiger partial charge >= 0.3 is 0 Å². The molecule has 0 saturated carbocycles. The lowest BCUT2D eigenvalue weighted by Gasteiger charge is -2.13. The van der Waals surface area contributed by atoms with E-state index in [0.717, 1.165) is 36.1 Å². The van der Waals surface area contributed by atoms with Crippen LogP contribution >= 0.6 is 0 Å². The van der Waals surface area contributed by atoms with Crippen LogP contribution in [0.25, 0.3) is 5.57 Å². The molecule has 0 aromatic heterocycles. The number of nitrogens with zero attached hydrogens (tertiary/aromatic N) is 1. The van der Waals surface area contributed by atoms with E-state index in [4.69, 9.17) is 4.74 Å². The fourth-order valence-corrected chi connectivity index (χ4v) is 3.03. The van der Waals surface area contributed by atoms with Crippen molar-refractivity contribution >= 4 is 11.9 Å². The Bertz CT molecular complexity index is 762. The highest BCUT2D eigenvalue weighted by molar-refractivity contribution is 5.85. The molecule has 0 N–H and O–H groups in total. The summed E-state index contributed by atoms with van der Waals surface area (Å²) in [6.07, 6.45) is 4.63. The minimum absolute atomic E-state index is 0.430. The van der Waals surface area contributed by atoms with Crippen LogP contribution in [0.3, 0.4) is 0 Å². The van der Waals surface area contributed by atoms with Crippen molar-refractivity contribution in [1.82, 2.24) is 4.90 Å². The van der Waals surface area contributed by atoms with Crippen molar-refractivity contribution < 1.29 is 9.53 Å². The number of hydrogen-bond donors (Lipinski definition) is 0. The summed E-state index contributed by atoms with van der Waals surface area (Å²) in [5.41, 5.74) is 5.72. The second kappa shape index (κ2) is 7.45. The van der Waals surface area contributed by atoms with E-state index in [2.05, 4.69) is 49.3 Å². The predicted molar refractivity (Wildman–Crippen MR) is 97.2 cm³/mol. The maximum Gasteiger partial charge on any atom is 0.127 e. The Labute approximate surface area is 143 Å². The summed E-state index contributed by atoms with van der Waals surface area (Å²) in [6, 6.07) is 14.4. The van der Waals surface area contributed by atoms with E-state index in [1.165, 1.54) is 16.7 Å². The molecule has 3 nitrogen and oxygen atoms in total. The lowest BCUT2D eigenvalue weighted by molar-refractivity contribution is -0.107. The first kappa shape index (κ1) is 16.5. The number of benzene rings is 2. The second-order valence-electron chi connectivity index (χ2n) is 6.36. The first-order valence-electron chi connectivity index (χ1n) is 8.32. The van der Waals surface area contributed by atoms with Gasteiger partial charge in [-0.2, -0.15) is 0 Å². The molecule has 2 aromatic rings. The normalized spacial score (nSPS) is 14.7. The lowest BCUT2D eigenvalue weighted by Crippen LogP contribution is -2.12. The van der Waals surface area contributed by atoms with Crippen molar-refractivity contribution in [1.29, 1.82) is 0 Å². The maximum absolute atomic E-state index is 10.9. The van der Waals surface area contributed by atoms with Crippen molar-refractivity contribution in [3.05, 3.63) is 70.8 Å². The number of hydrogen-bond acceptors (Lipinski definition) is 3. The highest BCUT2D eigenvalue weighted by Crippen LogP contribution is 2.37. The Morgan fingerprint density at radius 2 is 1.96 bits per heavy atom. The maximum atomic E-state index is 10.9. The molecule has 2 aromatic carbocycles. The van der Waals surface area contributed by atoms with Gasteiger partial charge < -0.3 is 14.4 Å². The molecule has 1 aliphatic heterocycles. The molecule has 0 bridgehead atoms. The van der Waals surface area contributed by atoms with E-state index >= 15 is 0 Å². The molecule has 0 amide bonds. The van der Waals surface area contributed by atoms with Crippen LogP contribution in [0.1, 0.15) is 28.7 Å². The summed E-state index contributed by atoms with van der Waals surface area (Å²) in [7, 11) is 4.16. The average molecular weight is 321 g/mol. The van der Waals surface area contributed by atoms with Crippen LogP contribution in [0.4, 0.5) is 0 Å². The summed E-state index contributed by atoms with van der Waals surface area (Å²) < 4.78 is 6.03. The molecule has 3 heteroatoms. The van der Waals surface area contributed by atoms with Crippen LogP contribution in [0, 0.1) is 0 Å². The monoisotopic (exact) mass is 321 g/mol. The van der Waals surface area contributed by atoms with Crippen molar-refractivity contribution in [2.75, 3.05) is 20.6 Å². The van der Waals surface area contributed by atoms with Crippen LogP contribution in [-0.2, 0) is 17.8 Å². The van der Waals surface area contributed by atoms with Gasteiger partial charge in [-0.3, -0.25) is 0 Å². The molecule has 24 heavy (non-hydrogen) atoms. The summed E-state index contributed by atoms with van der Waals surface area (Å²) in [5.74, 6) is 0.886. The van der Waals surface area contributed by atoms with Gasteiger partial charge in [0.15, 0.2) is 0 Å². The summed E-state index contributed by atoms with van der Waals surface area (Å²) in [4.78, 5) is 13.1. The molecule has 1 aliphatic rings. The van der Waals surface area contributed by atoms with Crippen LogP contribution in [0.5, 0.6) is 5.75 Å². The fraction of sp³-hybridized carbons (Fsp3) is 0.286. The smallest absolute Gasteiger partial charge is 0.127 e. The highest BCUT2D eigenvalue weighted by Gasteiger charge is 2.19. The third-order valence-electron chi connectivity index (χ3n) is 4.27. The Hall–Kier alpha value is -2.39. The van der Waals surface area contributed by atoms with Crippen LogP contribution < -0.4 is 4.74 Å². The molecule has 0 unspecified atom stereocenters. The zero-order chi connectivity index (χ0) is 16.9. The first-order chi connectivity index (χ1) is 11.7. The molecule has 0 radical (unpaired) electrons. The van der Waals surface area contributed by atoms with Gasteiger partial charge in [0.25, 0.3) is 0 Å². The zero-order valence-corrected chi connectivity index (χ0v) is 14.3. The van der Waals surface area contributed by atoms with Crippen LogP contribution in [-0.4, -0.2) is 31.8 Å². The standard InChI is InChI=1S/C21H23NO2/c1-22(2)12-5-8-19-18-7-4-3-6-17(18)15-24-21-10-9-16(11-13-23)14-20(19)21/h3-4,6-10,13-14H,5,11-12,15H2,1-2H3. The minimum atomic E-state index is 0.430. The SMILES string of the molecule is CN(C)CCC=C1c2ccccc2COc2ccc(CC=O)cc21. The highest BCUT2D eigenvalue weighted by atomic mass is 16.5. The molecule has 0 atom stereocenters. The summed E-state index contributed by atoms with van der Waals surface area (Å²) in [6.45, 7) is 1.57. The van der Waals surface area contributed by atoms with Gasteiger partial charge in [-0.05, 0) is 54.9 Å². The van der Waals surface area contributed by atoms with Gasteiger partial charge in [0, 0.05) is 18.5 Å². The molecular formula is C21H23NO2. The Balaban J connectivity index is 2.09. The Morgan fingerprint density at radius 1 is 1.12 bits per heavy atom. The topological polar surface area (TPSA) is 29.5 Å². The lowest BCUT2D eigenvalue weighted by atomic mass is 9.92. The van der Waals surface area contributed by atoms with Crippen LogP contribution in [0.15, 0.2) is 48.5 Å². The summed E-state index contributed by atoms with van der Waals surface area (Å²) in [5, 5.41) is 0. The van der Waals surface area contributed by atoms with E-state index in [9.17, 15) is 4.79 Å². The van der Waals surface area contributed by atoms with Crippen molar-refractivity contribution in [3.63, 3.8) is 0 Å². The van der Waals surface area contributed by atoms with Gasteiger partial charge in [-0.1, -0.05) is 36.4 Å². The number of ether oxygens (including phenoxy) is 1. The zero-order valence-electron chi connectivity index (χ0n) is 14.3. The molecule has 0 spiro atoms. The van der Waals surface area contributed by atoms with E-state index in [-0.39, 0.29) is 0 Å². The summed E-state index contributed by atoms with van der Waals surface area (Å²) >= 11 is 0. The van der Waals surface area contributed by atoms with Crippen molar-refractivity contribution in [2.45, 2.75) is 19.4 Å². The predicted octanol–water partition coefficient (Wildman–Crippen LogP) is 3.70. The van der Waals surface area contributed by atoms with Gasteiger partial charge in [0.05, 0.1) is 0 Å². The van der Waals surface area contributed by atoms with Crippen molar-refractivity contribution in [3.8, 4) is 5.75 Å². The number of carbonyl (C=O) groups is 1. The molecule has 0 aliphatic carbocycles. The fourth-order valence-electron chi connectivity index (χ4n) is 3.03. The minimum Gasteiger partial charge on any atom is -0.488 e. The third-order valence-corrected chi connectivity index (χ3v) is 4.27. The number of rotatable bonds is 5. The number of carbonyl (C=O) groups excluding carboxylic acids is 1. The number of fused-ring (bicyclic) bond motifs is 2. The van der Waals surface area contributed by atoms with Gasteiger partial charge in [0.1, 0.15) is 18.6 Å². The molecule has 1 heterocycles. The Morgan fingerprint density at radius 3 is 2.75 bits per heavy atom. The van der Waals surface area contributed by atoms with Gasteiger partial charge in [-0.25, -0.2) is 0 Å². The molecule has 3 rings (SSSR count). The quantitative estimate of drug-likeness (QED) is 0.786. The van der Waals surface area contributed by atoms with Crippen LogP contribution in [0.2, 0.25) is 0 Å². The van der Waals surface area contributed by atoms with E-state index in [1.807, 2.05) is 18.2 Å². The van der Waals surface area contributed by atoms with E-state index < -0.39 is 0 Å². The first-order valence-corrected chi connectivity index (χ1v) is 8.32.